The van der Waals surface area contributed by atoms with Gasteiger partial charge in [0.05, 0.1) is 22.1 Å². The van der Waals surface area contributed by atoms with E-state index < -0.39 is 0 Å². The predicted octanol–water partition coefficient (Wildman–Crippen LogP) is 11.3. The summed E-state index contributed by atoms with van der Waals surface area (Å²) in [5, 5.41) is 6.82. The third-order valence-corrected chi connectivity index (χ3v) is 9.97. The van der Waals surface area contributed by atoms with Crippen molar-refractivity contribution < 1.29 is 4.42 Å². The topological polar surface area (TPSA) is 61.7 Å². The summed E-state index contributed by atoms with van der Waals surface area (Å²) in [6.45, 7) is 0. The van der Waals surface area contributed by atoms with Gasteiger partial charge < -0.3 is 8.98 Å². The first kappa shape index (κ1) is 27.9. The van der Waals surface area contributed by atoms with Crippen LogP contribution in [0, 0.1) is 0 Å². The molecule has 0 atom stereocenters. The first-order valence-corrected chi connectivity index (χ1v) is 17.0. The van der Waals surface area contributed by atoms with Crippen LogP contribution < -0.4 is 0 Å². The van der Waals surface area contributed by atoms with Crippen molar-refractivity contribution in [2.45, 2.75) is 0 Å². The van der Waals surface area contributed by atoms with Crippen molar-refractivity contribution in [3.8, 4) is 34.4 Å². The number of fused-ring (bicyclic) bond motifs is 11. The number of nitrogens with zero attached hydrogens (tertiary/aromatic N) is 5. The molecule has 0 aliphatic rings. The number of para-hydroxylation sites is 3. The molecule has 51 heavy (non-hydrogen) atoms. The maximum atomic E-state index is 6.40. The fourth-order valence-corrected chi connectivity index (χ4v) is 7.82. The van der Waals surface area contributed by atoms with Crippen molar-refractivity contribution >= 4 is 65.6 Å². The zero-order valence-corrected chi connectivity index (χ0v) is 27.2. The molecular weight excluding hydrogens is 627 g/mol. The second-order valence-corrected chi connectivity index (χ2v) is 12.8. The lowest BCUT2D eigenvalue weighted by atomic mass is 10.0. The molecule has 11 rings (SSSR count). The highest BCUT2D eigenvalue weighted by molar-refractivity contribution is 6.32. The highest BCUT2D eigenvalue weighted by Gasteiger charge is 2.24. The Morgan fingerprint density at radius 3 is 1.69 bits per heavy atom. The Morgan fingerprint density at radius 2 is 0.961 bits per heavy atom. The average Bonchev–Trinajstić information content (AvgIpc) is 3.86. The summed E-state index contributed by atoms with van der Waals surface area (Å²) in [4.78, 5) is 15.3. The number of rotatable bonds is 4. The average molecular weight is 654 g/mol. The molecule has 0 unspecified atom stereocenters. The van der Waals surface area contributed by atoms with E-state index in [4.69, 9.17) is 19.4 Å². The van der Waals surface area contributed by atoms with Gasteiger partial charge in [0.2, 0.25) is 5.95 Å². The molecule has 0 N–H and O–H groups in total. The molecule has 4 aromatic heterocycles. The molecule has 0 fully saturated rings. The highest BCUT2D eigenvalue weighted by Crippen LogP contribution is 2.45. The first-order valence-electron chi connectivity index (χ1n) is 17.0. The summed E-state index contributed by atoms with van der Waals surface area (Å²) in [5.41, 5.74) is 9.01. The van der Waals surface area contributed by atoms with E-state index >= 15 is 0 Å². The van der Waals surface area contributed by atoms with Crippen LogP contribution in [0.15, 0.2) is 168 Å². The van der Waals surface area contributed by atoms with E-state index in [1.807, 2.05) is 72.8 Å². The Hall–Kier alpha value is -7.05. The van der Waals surface area contributed by atoms with Crippen molar-refractivity contribution in [1.82, 2.24) is 24.1 Å². The number of benzene rings is 7. The number of hydrogen-bond acceptors (Lipinski definition) is 4. The molecule has 6 heteroatoms. The molecule has 238 valence electrons. The van der Waals surface area contributed by atoms with Gasteiger partial charge in [0.15, 0.2) is 11.6 Å². The van der Waals surface area contributed by atoms with Gasteiger partial charge in [0.1, 0.15) is 11.2 Å². The quantitative estimate of drug-likeness (QED) is 0.190. The lowest BCUT2D eigenvalue weighted by Crippen LogP contribution is -2.06. The van der Waals surface area contributed by atoms with Gasteiger partial charge >= 0.3 is 0 Å². The monoisotopic (exact) mass is 653 g/mol. The van der Waals surface area contributed by atoms with Gasteiger partial charge in [-0.2, -0.15) is 9.97 Å². The molecule has 0 saturated heterocycles. The van der Waals surface area contributed by atoms with E-state index in [1.165, 1.54) is 5.39 Å². The van der Waals surface area contributed by atoms with Crippen molar-refractivity contribution in [3.05, 3.63) is 164 Å². The van der Waals surface area contributed by atoms with Crippen LogP contribution in [0.5, 0.6) is 0 Å². The van der Waals surface area contributed by atoms with E-state index in [9.17, 15) is 0 Å². The minimum Gasteiger partial charge on any atom is -0.456 e. The Balaban J connectivity index is 1.31. The van der Waals surface area contributed by atoms with Gasteiger partial charge in [-0.3, -0.25) is 4.57 Å². The summed E-state index contributed by atoms with van der Waals surface area (Å²) in [5.74, 6) is 1.82. The number of hydrogen-bond donors (Lipinski definition) is 0. The normalized spacial score (nSPS) is 11.9. The molecule has 0 aliphatic heterocycles. The third-order valence-electron chi connectivity index (χ3n) is 9.97. The van der Waals surface area contributed by atoms with Crippen molar-refractivity contribution in [2.24, 2.45) is 0 Å². The maximum absolute atomic E-state index is 6.40. The lowest BCUT2D eigenvalue weighted by Gasteiger charge is -2.11. The Labute approximate surface area is 291 Å². The molecular formula is C45H27N5O. The fraction of sp³-hybridized carbons (Fsp3) is 0. The van der Waals surface area contributed by atoms with Crippen LogP contribution in [-0.2, 0) is 0 Å². The molecule has 0 aliphatic carbocycles. The summed E-state index contributed by atoms with van der Waals surface area (Å²) >= 11 is 0. The van der Waals surface area contributed by atoms with Crippen molar-refractivity contribution in [2.75, 3.05) is 0 Å². The molecule has 11 aromatic rings. The highest BCUT2D eigenvalue weighted by atomic mass is 16.3. The van der Waals surface area contributed by atoms with Crippen LogP contribution in [0.1, 0.15) is 0 Å². The van der Waals surface area contributed by atoms with Crippen molar-refractivity contribution in [3.63, 3.8) is 0 Å². The number of aromatic nitrogens is 5. The summed E-state index contributed by atoms with van der Waals surface area (Å²) in [7, 11) is 0. The van der Waals surface area contributed by atoms with Gasteiger partial charge in [-0.25, -0.2) is 4.98 Å². The Kier molecular flexibility index (Phi) is 5.86. The number of furan rings is 1. The van der Waals surface area contributed by atoms with Gasteiger partial charge in [0, 0.05) is 49.1 Å². The Bertz CT molecular complexity index is 3060. The van der Waals surface area contributed by atoms with E-state index in [1.54, 1.807) is 0 Å². The predicted molar refractivity (Wildman–Crippen MR) is 207 cm³/mol. The summed E-state index contributed by atoms with van der Waals surface area (Å²) in [6.07, 6.45) is 0. The molecule has 6 nitrogen and oxygen atoms in total. The third kappa shape index (κ3) is 4.07. The molecule has 7 aromatic carbocycles. The zero-order valence-electron chi connectivity index (χ0n) is 27.2. The minimum atomic E-state index is 0.568. The first-order chi connectivity index (χ1) is 25.3. The van der Waals surface area contributed by atoms with Gasteiger partial charge in [-0.1, -0.05) is 121 Å². The van der Waals surface area contributed by atoms with Crippen LogP contribution in [0.2, 0.25) is 0 Å². The molecule has 0 radical (unpaired) electrons. The summed E-state index contributed by atoms with van der Waals surface area (Å²) in [6, 6.07) is 56.5. The molecule has 4 heterocycles. The standard InChI is InChI=1S/C45H27N5O/c1-4-14-28(15-5-1)43-46-44(29-16-6-2-7-17-29)48-45(47-43)50-34-22-12-10-20-31(34)40-36(50)25-24-33-39-35(49(42(33)40)30-18-8-3-9-19-30)26-27-38-41(39)32-21-11-13-23-37(32)51-38/h1-27H. The minimum absolute atomic E-state index is 0.568. The van der Waals surface area contributed by atoms with E-state index in [-0.39, 0.29) is 0 Å². The largest absolute Gasteiger partial charge is 0.456 e. The van der Waals surface area contributed by atoms with Crippen LogP contribution in [0.3, 0.4) is 0 Å². The molecule has 0 amide bonds. The SMILES string of the molecule is c1ccc(-c2nc(-c3ccccc3)nc(-n3c4ccccc4c4c3ccc3c5c6c(ccc5n(-c5ccccc5)c34)oc3ccccc36)n2)cc1. The van der Waals surface area contributed by atoms with Gasteiger partial charge in [-0.05, 0) is 42.5 Å². The molecule has 0 bridgehead atoms. The van der Waals surface area contributed by atoms with E-state index in [0.29, 0.717) is 17.6 Å². The fourth-order valence-electron chi connectivity index (χ4n) is 7.82. The zero-order chi connectivity index (χ0) is 33.5. The molecule has 0 saturated carbocycles. The van der Waals surface area contributed by atoms with Gasteiger partial charge in [0.25, 0.3) is 0 Å². The Morgan fingerprint density at radius 1 is 0.373 bits per heavy atom. The van der Waals surface area contributed by atoms with Gasteiger partial charge in [-0.15, -0.1) is 0 Å². The molecule has 0 spiro atoms. The summed E-state index contributed by atoms with van der Waals surface area (Å²) < 4.78 is 11.0. The second-order valence-electron chi connectivity index (χ2n) is 12.8. The van der Waals surface area contributed by atoms with Crippen LogP contribution >= 0.6 is 0 Å². The smallest absolute Gasteiger partial charge is 0.238 e. The van der Waals surface area contributed by atoms with E-state index in [0.717, 1.165) is 77.0 Å². The van der Waals surface area contributed by atoms with Crippen LogP contribution in [-0.4, -0.2) is 24.1 Å². The van der Waals surface area contributed by atoms with Crippen molar-refractivity contribution in [1.29, 1.82) is 0 Å². The van der Waals surface area contributed by atoms with Crippen LogP contribution in [0.25, 0.3) is 100.0 Å². The van der Waals surface area contributed by atoms with Crippen LogP contribution in [0.4, 0.5) is 0 Å². The lowest BCUT2D eigenvalue weighted by molar-refractivity contribution is 0.669. The second kappa shape index (κ2) is 10.7. The van der Waals surface area contributed by atoms with E-state index in [2.05, 4.69) is 100 Å². The maximum Gasteiger partial charge on any atom is 0.238 e.